The lowest BCUT2D eigenvalue weighted by Gasteiger charge is -2.20. The third kappa shape index (κ3) is 2.95. The van der Waals surface area contributed by atoms with E-state index in [1.165, 1.54) is 0 Å². The maximum atomic E-state index is 5.29. The molecule has 1 heterocycles. The fraction of sp³-hybridized carbons (Fsp3) is 0.714. The molecule has 0 saturated heterocycles. The zero-order chi connectivity index (χ0) is 9.19. The molecule has 0 bridgehead atoms. The van der Waals surface area contributed by atoms with Gasteiger partial charge in [0.05, 0.1) is 5.60 Å². The van der Waals surface area contributed by atoms with Crippen LogP contribution >= 0.6 is 33.9 Å². The molecule has 0 aliphatic rings. The molecular weight excluding hydrogens is 287 g/mol. The number of halogens is 1. The summed E-state index contributed by atoms with van der Waals surface area (Å²) >= 11 is 3.78. The quantitative estimate of drug-likeness (QED) is 0.802. The first-order valence-corrected chi connectivity index (χ1v) is 5.46. The lowest BCUT2D eigenvalue weighted by atomic mass is 10.1. The predicted octanol–water partition coefficient (Wildman–Crippen LogP) is 2.11. The van der Waals surface area contributed by atoms with Crippen molar-refractivity contribution in [3.05, 3.63) is 8.02 Å². The molecule has 68 valence electrons. The van der Waals surface area contributed by atoms with Crippen LogP contribution in [0.3, 0.4) is 0 Å². The Morgan fingerprint density at radius 3 is 2.58 bits per heavy atom. The summed E-state index contributed by atoms with van der Waals surface area (Å²) in [4.78, 5) is 0. The lowest BCUT2D eigenvalue weighted by Crippen LogP contribution is -2.25. The minimum Gasteiger partial charge on any atom is -0.378 e. The Labute approximate surface area is 89.7 Å². The van der Waals surface area contributed by atoms with Gasteiger partial charge >= 0.3 is 0 Å². The molecule has 3 nitrogen and oxygen atoms in total. The van der Waals surface area contributed by atoms with E-state index in [1.807, 2.05) is 13.8 Å². The van der Waals surface area contributed by atoms with Gasteiger partial charge < -0.3 is 4.74 Å². The monoisotopic (exact) mass is 298 g/mol. The highest BCUT2D eigenvalue weighted by atomic mass is 127. The van der Waals surface area contributed by atoms with Crippen molar-refractivity contribution in [1.82, 2.24) is 10.2 Å². The van der Waals surface area contributed by atoms with Crippen molar-refractivity contribution >= 4 is 33.9 Å². The van der Waals surface area contributed by atoms with Crippen LogP contribution in [0.25, 0.3) is 0 Å². The van der Waals surface area contributed by atoms with Gasteiger partial charge in [-0.3, -0.25) is 0 Å². The van der Waals surface area contributed by atoms with E-state index in [0.29, 0.717) is 0 Å². The molecular formula is C7H11IN2OS. The van der Waals surface area contributed by atoms with Gasteiger partial charge in [-0.1, -0.05) is 11.3 Å². The Kier molecular flexibility index (Phi) is 3.42. The summed E-state index contributed by atoms with van der Waals surface area (Å²) < 4.78 is 6.27. The molecule has 1 aromatic rings. The maximum Gasteiger partial charge on any atom is 0.178 e. The first kappa shape index (κ1) is 10.3. The van der Waals surface area contributed by atoms with E-state index >= 15 is 0 Å². The van der Waals surface area contributed by atoms with Crippen LogP contribution in [0.4, 0.5) is 0 Å². The fourth-order valence-corrected chi connectivity index (χ4v) is 2.39. The van der Waals surface area contributed by atoms with Gasteiger partial charge in [0, 0.05) is 13.5 Å². The minimum atomic E-state index is -0.136. The Morgan fingerprint density at radius 1 is 1.50 bits per heavy atom. The van der Waals surface area contributed by atoms with Crippen LogP contribution < -0.4 is 0 Å². The van der Waals surface area contributed by atoms with Crippen molar-refractivity contribution < 1.29 is 4.74 Å². The van der Waals surface area contributed by atoms with Gasteiger partial charge in [0.15, 0.2) is 3.01 Å². The van der Waals surface area contributed by atoms with Gasteiger partial charge in [-0.05, 0) is 36.4 Å². The van der Waals surface area contributed by atoms with Gasteiger partial charge in [-0.2, -0.15) is 0 Å². The average molecular weight is 298 g/mol. The largest absolute Gasteiger partial charge is 0.378 e. The first-order valence-electron chi connectivity index (χ1n) is 3.56. The van der Waals surface area contributed by atoms with Crippen molar-refractivity contribution in [1.29, 1.82) is 0 Å². The second kappa shape index (κ2) is 3.97. The van der Waals surface area contributed by atoms with E-state index in [0.717, 1.165) is 14.4 Å². The number of nitrogens with zero attached hydrogens (tertiary/aromatic N) is 2. The Hall–Kier alpha value is 0.250. The molecule has 0 radical (unpaired) electrons. The third-order valence-electron chi connectivity index (χ3n) is 1.57. The Morgan fingerprint density at radius 2 is 2.17 bits per heavy atom. The number of ether oxygens (including phenoxy) is 1. The van der Waals surface area contributed by atoms with E-state index in [1.54, 1.807) is 18.4 Å². The van der Waals surface area contributed by atoms with Crippen molar-refractivity contribution in [2.24, 2.45) is 0 Å². The first-order chi connectivity index (χ1) is 5.53. The number of aromatic nitrogens is 2. The molecule has 5 heteroatoms. The van der Waals surface area contributed by atoms with Gasteiger partial charge in [0.25, 0.3) is 0 Å². The zero-order valence-electron chi connectivity index (χ0n) is 7.30. The van der Waals surface area contributed by atoms with E-state index in [2.05, 4.69) is 32.8 Å². The van der Waals surface area contributed by atoms with E-state index in [4.69, 9.17) is 4.74 Å². The zero-order valence-corrected chi connectivity index (χ0v) is 10.3. The van der Waals surface area contributed by atoms with Crippen LogP contribution in [0.2, 0.25) is 0 Å². The van der Waals surface area contributed by atoms with Gasteiger partial charge in [0.2, 0.25) is 0 Å². The topological polar surface area (TPSA) is 35.0 Å². The molecule has 0 aliphatic heterocycles. The van der Waals surface area contributed by atoms with Crippen LogP contribution in [0, 0.1) is 3.01 Å². The van der Waals surface area contributed by atoms with Crippen molar-refractivity contribution in [2.75, 3.05) is 7.11 Å². The molecule has 0 spiro atoms. The molecule has 0 N–H and O–H groups in total. The second-order valence-electron chi connectivity index (χ2n) is 3.09. The second-order valence-corrected chi connectivity index (χ2v) is 5.91. The third-order valence-corrected chi connectivity index (χ3v) is 3.16. The predicted molar refractivity (Wildman–Crippen MR) is 57.4 cm³/mol. The summed E-state index contributed by atoms with van der Waals surface area (Å²) in [5.74, 6) is 0. The molecule has 1 rings (SSSR count). The average Bonchev–Trinajstić information content (AvgIpc) is 2.35. The Bertz CT molecular complexity index is 262. The van der Waals surface area contributed by atoms with Crippen LogP contribution in [0.1, 0.15) is 18.9 Å². The van der Waals surface area contributed by atoms with Crippen LogP contribution in [-0.2, 0) is 11.2 Å². The molecule has 0 saturated carbocycles. The number of hydrogen-bond donors (Lipinski definition) is 0. The van der Waals surface area contributed by atoms with E-state index in [-0.39, 0.29) is 5.60 Å². The summed E-state index contributed by atoms with van der Waals surface area (Å²) in [6.07, 6.45) is 0.824. The highest BCUT2D eigenvalue weighted by Gasteiger charge is 2.19. The smallest absolute Gasteiger partial charge is 0.178 e. The van der Waals surface area contributed by atoms with Crippen LogP contribution in [0.5, 0.6) is 0 Å². The van der Waals surface area contributed by atoms with Crippen LogP contribution in [0.15, 0.2) is 0 Å². The molecule has 1 aromatic heterocycles. The summed E-state index contributed by atoms with van der Waals surface area (Å²) in [6.45, 7) is 4.09. The number of hydrogen-bond acceptors (Lipinski definition) is 4. The fourth-order valence-electron chi connectivity index (χ4n) is 0.741. The summed E-state index contributed by atoms with van der Waals surface area (Å²) in [5.41, 5.74) is -0.136. The highest BCUT2D eigenvalue weighted by Crippen LogP contribution is 2.19. The molecule has 0 aliphatic carbocycles. The van der Waals surface area contributed by atoms with Crippen molar-refractivity contribution in [2.45, 2.75) is 25.9 Å². The van der Waals surface area contributed by atoms with Crippen LogP contribution in [-0.4, -0.2) is 22.9 Å². The molecule has 0 atom stereocenters. The Balaban J connectivity index is 2.63. The maximum absolute atomic E-state index is 5.29. The molecule has 12 heavy (non-hydrogen) atoms. The normalized spacial score (nSPS) is 12.0. The van der Waals surface area contributed by atoms with E-state index < -0.39 is 0 Å². The summed E-state index contributed by atoms with van der Waals surface area (Å²) in [5, 5.41) is 9.00. The van der Waals surface area contributed by atoms with E-state index in [9.17, 15) is 0 Å². The van der Waals surface area contributed by atoms with Crippen molar-refractivity contribution in [3.8, 4) is 0 Å². The summed E-state index contributed by atoms with van der Waals surface area (Å²) in [6, 6.07) is 0. The van der Waals surface area contributed by atoms with Crippen molar-refractivity contribution in [3.63, 3.8) is 0 Å². The van der Waals surface area contributed by atoms with Gasteiger partial charge in [-0.25, -0.2) is 0 Å². The molecule has 0 aromatic carbocycles. The molecule has 0 unspecified atom stereocenters. The SMILES string of the molecule is COC(C)(C)Cc1nnc(I)s1. The lowest BCUT2D eigenvalue weighted by molar-refractivity contribution is 0.0230. The molecule has 0 amide bonds. The standard InChI is InChI=1S/C7H11IN2OS/c1-7(2,11-3)4-5-9-10-6(8)12-5/h4H2,1-3H3. The van der Waals surface area contributed by atoms with Gasteiger partial charge in [0.1, 0.15) is 5.01 Å². The molecule has 0 fully saturated rings. The van der Waals surface area contributed by atoms with Gasteiger partial charge in [-0.15, -0.1) is 10.2 Å². The number of rotatable bonds is 3. The highest BCUT2D eigenvalue weighted by molar-refractivity contribution is 14.1. The number of methoxy groups -OCH3 is 1. The summed E-state index contributed by atoms with van der Waals surface area (Å²) in [7, 11) is 1.71. The minimum absolute atomic E-state index is 0.136.